The molecule has 2 atom stereocenters. The summed E-state index contributed by atoms with van der Waals surface area (Å²) in [6.45, 7) is 1.99. The van der Waals surface area contributed by atoms with Crippen molar-refractivity contribution < 1.29 is 9.90 Å². The number of fused-ring (bicyclic) bond motifs is 1. The molecule has 2 heterocycles. The van der Waals surface area contributed by atoms with Crippen LogP contribution < -0.4 is 5.32 Å². The van der Waals surface area contributed by atoms with Gasteiger partial charge < -0.3 is 10.4 Å². The summed E-state index contributed by atoms with van der Waals surface area (Å²) < 4.78 is 0. The van der Waals surface area contributed by atoms with E-state index in [1.807, 2.05) is 0 Å². The highest BCUT2D eigenvalue weighted by atomic mass is 32.1. The van der Waals surface area contributed by atoms with Gasteiger partial charge in [-0.2, -0.15) is 0 Å². The van der Waals surface area contributed by atoms with Crippen LogP contribution in [0.5, 0.6) is 0 Å². The lowest BCUT2D eigenvalue weighted by atomic mass is 9.89. The number of aryl methyl sites for hydroxylation is 2. The molecule has 2 N–H and O–H groups in total. The third-order valence-electron chi connectivity index (χ3n) is 6.00. The Balaban J connectivity index is 1.28. The van der Waals surface area contributed by atoms with Crippen LogP contribution in [0.1, 0.15) is 65.1 Å². The van der Waals surface area contributed by atoms with Gasteiger partial charge in [-0.05, 0) is 56.6 Å². The number of carbonyl (C=O) groups is 1. The molecule has 0 bridgehead atoms. The fourth-order valence-electron chi connectivity index (χ4n) is 4.59. The molecule has 0 aromatic carbocycles. The van der Waals surface area contributed by atoms with Crippen molar-refractivity contribution in [2.45, 2.75) is 76.0 Å². The molecule has 0 radical (unpaired) electrons. The fraction of sp³-hybridized carbons (Fsp3) is 0.737. The van der Waals surface area contributed by atoms with Gasteiger partial charge in [0.2, 0.25) is 0 Å². The van der Waals surface area contributed by atoms with Crippen molar-refractivity contribution in [3.63, 3.8) is 0 Å². The van der Waals surface area contributed by atoms with Crippen molar-refractivity contribution in [1.82, 2.24) is 10.2 Å². The van der Waals surface area contributed by atoms with E-state index < -0.39 is 0 Å². The Morgan fingerprint density at radius 1 is 1.12 bits per heavy atom. The van der Waals surface area contributed by atoms with Crippen LogP contribution in [-0.4, -0.2) is 47.2 Å². The van der Waals surface area contributed by atoms with E-state index in [1.54, 1.807) is 11.3 Å². The monoisotopic (exact) mass is 348 g/mol. The van der Waals surface area contributed by atoms with E-state index in [0.29, 0.717) is 6.04 Å². The van der Waals surface area contributed by atoms with Crippen LogP contribution in [0.3, 0.4) is 0 Å². The standard InChI is InChI=1S/C19H28N2O2S/c22-16-6-2-1-5-15(16)21-10-8-14(9-11-21)20-19(23)18-12-13-4-3-7-17(13)24-18/h12,14-16,22H,1-11H2,(H,20,23). The molecule has 0 spiro atoms. The third kappa shape index (κ3) is 3.39. The lowest BCUT2D eigenvalue weighted by Gasteiger charge is -2.41. The Kier molecular flexibility index (Phi) is 4.93. The number of likely N-dealkylation sites (tertiary alicyclic amines) is 1. The van der Waals surface area contributed by atoms with Crippen molar-refractivity contribution in [3.8, 4) is 0 Å². The summed E-state index contributed by atoms with van der Waals surface area (Å²) in [5, 5.41) is 13.5. The average molecular weight is 349 g/mol. The number of nitrogens with zero attached hydrogens (tertiary/aromatic N) is 1. The molecule has 4 rings (SSSR count). The molecule has 24 heavy (non-hydrogen) atoms. The normalized spacial score (nSPS) is 28.7. The summed E-state index contributed by atoms with van der Waals surface area (Å²) in [6, 6.07) is 2.73. The number of aliphatic hydroxyl groups excluding tert-OH is 1. The highest BCUT2D eigenvalue weighted by Gasteiger charge is 2.32. The van der Waals surface area contributed by atoms with Gasteiger partial charge >= 0.3 is 0 Å². The predicted molar refractivity (Wildman–Crippen MR) is 96.7 cm³/mol. The minimum atomic E-state index is -0.154. The molecular formula is C19H28N2O2S. The SMILES string of the molecule is O=C(NC1CCN(C2CCCCC2O)CC1)c1cc2c(s1)CCC2. The quantitative estimate of drug-likeness (QED) is 0.883. The van der Waals surface area contributed by atoms with Gasteiger partial charge in [0.1, 0.15) is 0 Å². The van der Waals surface area contributed by atoms with Gasteiger partial charge in [0.25, 0.3) is 5.91 Å². The number of piperidine rings is 1. The summed E-state index contributed by atoms with van der Waals surface area (Å²) in [7, 11) is 0. The number of amides is 1. The zero-order valence-electron chi connectivity index (χ0n) is 14.3. The second kappa shape index (κ2) is 7.14. The van der Waals surface area contributed by atoms with Gasteiger partial charge in [0.15, 0.2) is 0 Å². The molecule has 3 aliphatic rings. The zero-order valence-corrected chi connectivity index (χ0v) is 15.1. The second-order valence-electron chi connectivity index (χ2n) is 7.62. The van der Waals surface area contributed by atoms with Gasteiger partial charge in [-0.15, -0.1) is 11.3 Å². The van der Waals surface area contributed by atoms with Gasteiger partial charge in [-0.25, -0.2) is 0 Å². The number of hydrogen-bond donors (Lipinski definition) is 2. The molecule has 1 saturated heterocycles. The van der Waals surface area contributed by atoms with E-state index in [0.717, 1.165) is 62.9 Å². The lowest BCUT2D eigenvalue weighted by molar-refractivity contribution is 0.00728. The molecule has 1 saturated carbocycles. The minimum absolute atomic E-state index is 0.116. The van der Waals surface area contributed by atoms with Crippen molar-refractivity contribution >= 4 is 17.2 Å². The Bertz CT molecular complexity index is 571. The van der Waals surface area contributed by atoms with Crippen molar-refractivity contribution in [3.05, 3.63) is 21.4 Å². The molecule has 1 aromatic rings. The molecule has 1 amide bonds. The Morgan fingerprint density at radius 3 is 2.67 bits per heavy atom. The molecular weight excluding hydrogens is 320 g/mol. The van der Waals surface area contributed by atoms with Crippen molar-refractivity contribution in [2.75, 3.05) is 13.1 Å². The van der Waals surface area contributed by atoms with E-state index in [9.17, 15) is 9.90 Å². The Hall–Kier alpha value is -0.910. The molecule has 5 heteroatoms. The summed E-state index contributed by atoms with van der Waals surface area (Å²) in [6.07, 6.45) is 9.85. The molecule has 2 fully saturated rings. The van der Waals surface area contributed by atoms with Crippen molar-refractivity contribution in [2.24, 2.45) is 0 Å². The topological polar surface area (TPSA) is 52.6 Å². The summed E-state index contributed by atoms with van der Waals surface area (Å²) in [5.74, 6) is 0.116. The second-order valence-corrected chi connectivity index (χ2v) is 8.75. The van der Waals surface area contributed by atoms with Gasteiger partial charge in [-0.3, -0.25) is 9.69 Å². The largest absolute Gasteiger partial charge is 0.391 e. The number of nitrogens with one attached hydrogen (secondary N) is 1. The number of aliphatic hydroxyl groups is 1. The maximum atomic E-state index is 12.5. The van der Waals surface area contributed by atoms with Crippen LogP contribution in [-0.2, 0) is 12.8 Å². The molecule has 2 unspecified atom stereocenters. The number of rotatable bonds is 3. The van der Waals surface area contributed by atoms with Crippen LogP contribution in [0.2, 0.25) is 0 Å². The third-order valence-corrected chi connectivity index (χ3v) is 7.23. The highest BCUT2D eigenvalue weighted by Crippen LogP contribution is 2.31. The summed E-state index contributed by atoms with van der Waals surface area (Å²) >= 11 is 1.69. The van der Waals surface area contributed by atoms with Gasteiger partial charge in [-0.1, -0.05) is 12.8 Å². The zero-order chi connectivity index (χ0) is 16.5. The number of carbonyl (C=O) groups excluding carboxylic acids is 1. The van der Waals surface area contributed by atoms with E-state index in [4.69, 9.17) is 0 Å². The summed E-state index contributed by atoms with van der Waals surface area (Å²) in [5.41, 5.74) is 1.39. The van der Waals surface area contributed by atoms with Gasteiger partial charge in [0.05, 0.1) is 11.0 Å². The first kappa shape index (κ1) is 16.6. The van der Waals surface area contributed by atoms with Gasteiger partial charge in [0, 0.05) is 30.1 Å². The summed E-state index contributed by atoms with van der Waals surface area (Å²) in [4.78, 5) is 17.3. The van der Waals surface area contributed by atoms with E-state index in [-0.39, 0.29) is 18.1 Å². The van der Waals surface area contributed by atoms with E-state index in [2.05, 4.69) is 16.3 Å². The van der Waals surface area contributed by atoms with Crippen LogP contribution in [0.4, 0.5) is 0 Å². The minimum Gasteiger partial charge on any atom is -0.391 e. The number of hydrogen-bond acceptors (Lipinski definition) is 4. The fourth-order valence-corrected chi connectivity index (χ4v) is 5.75. The highest BCUT2D eigenvalue weighted by molar-refractivity contribution is 7.14. The lowest BCUT2D eigenvalue weighted by Crippen LogP contribution is -2.52. The van der Waals surface area contributed by atoms with Crippen LogP contribution in [0, 0.1) is 0 Å². The molecule has 4 nitrogen and oxygen atoms in total. The van der Waals surface area contributed by atoms with E-state index in [1.165, 1.54) is 23.3 Å². The molecule has 2 aliphatic carbocycles. The first-order valence-electron chi connectivity index (χ1n) is 9.55. The first-order valence-corrected chi connectivity index (χ1v) is 10.4. The predicted octanol–water partition coefficient (Wildman–Crippen LogP) is 2.73. The molecule has 132 valence electrons. The van der Waals surface area contributed by atoms with Crippen molar-refractivity contribution in [1.29, 1.82) is 0 Å². The van der Waals surface area contributed by atoms with Crippen LogP contribution in [0.25, 0.3) is 0 Å². The molecule has 1 aromatic heterocycles. The average Bonchev–Trinajstić information content (AvgIpc) is 3.18. The maximum Gasteiger partial charge on any atom is 0.261 e. The van der Waals surface area contributed by atoms with Crippen LogP contribution >= 0.6 is 11.3 Å². The smallest absolute Gasteiger partial charge is 0.261 e. The Labute approximate surface area is 148 Å². The Morgan fingerprint density at radius 2 is 1.92 bits per heavy atom. The maximum absolute atomic E-state index is 12.5. The number of thiophene rings is 1. The molecule has 1 aliphatic heterocycles. The first-order chi connectivity index (χ1) is 11.7. The van der Waals surface area contributed by atoms with Crippen LogP contribution in [0.15, 0.2) is 6.07 Å². The van der Waals surface area contributed by atoms with E-state index >= 15 is 0 Å².